The van der Waals surface area contributed by atoms with Crippen molar-refractivity contribution in [2.75, 3.05) is 0 Å². The lowest BCUT2D eigenvalue weighted by atomic mass is 10.1. The molecule has 1 atom stereocenters. The highest BCUT2D eigenvalue weighted by Gasteiger charge is 2.26. The number of hydrogen-bond acceptors (Lipinski definition) is 6. The molecular formula is C15H16N4O5. The van der Waals surface area contributed by atoms with Crippen LogP contribution in [0.2, 0.25) is 0 Å². The zero-order chi connectivity index (χ0) is 17.9. The van der Waals surface area contributed by atoms with Gasteiger partial charge in [-0.3, -0.25) is 24.4 Å². The highest BCUT2D eigenvalue weighted by Crippen LogP contribution is 2.22. The van der Waals surface area contributed by atoms with Gasteiger partial charge in [-0.2, -0.15) is 5.10 Å². The largest absolute Gasteiger partial charge is 0.446 e. The number of nitrogens with zero attached hydrogens (tertiary/aromatic N) is 3. The van der Waals surface area contributed by atoms with E-state index in [9.17, 15) is 19.7 Å². The number of hydrogen-bond donors (Lipinski definition) is 1. The Hall–Kier alpha value is -3.23. The van der Waals surface area contributed by atoms with Gasteiger partial charge in [-0.25, -0.2) is 0 Å². The summed E-state index contributed by atoms with van der Waals surface area (Å²) in [6.07, 6.45) is -1.23. The molecule has 0 aliphatic carbocycles. The molecule has 0 radical (unpaired) electrons. The molecule has 0 fully saturated rings. The second kappa shape index (κ2) is 6.90. The fraction of sp³-hybridized carbons (Fsp3) is 0.267. The van der Waals surface area contributed by atoms with E-state index in [1.807, 2.05) is 0 Å². The smallest absolute Gasteiger partial charge is 0.328 e. The summed E-state index contributed by atoms with van der Waals surface area (Å²) in [5.74, 6) is -1.59. The predicted molar refractivity (Wildman–Crippen MR) is 82.8 cm³/mol. The molecule has 1 unspecified atom stereocenters. The van der Waals surface area contributed by atoms with E-state index < -0.39 is 22.9 Å². The monoisotopic (exact) mass is 332 g/mol. The SMILES string of the molecule is Cc1nn(CC(=O)OC(C(N)=O)c2ccccc2)c(C)c1[N+](=O)[O-]. The number of carbonyl (C=O) groups is 2. The molecule has 9 heteroatoms. The minimum Gasteiger partial charge on any atom is -0.446 e. The number of aromatic nitrogens is 2. The van der Waals surface area contributed by atoms with Crippen LogP contribution in [0.25, 0.3) is 0 Å². The Bertz CT molecular complexity index is 785. The first kappa shape index (κ1) is 17.1. The summed E-state index contributed by atoms with van der Waals surface area (Å²) in [6, 6.07) is 8.33. The zero-order valence-electron chi connectivity index (χ0n) is 13.1. The quantitative estimate of drug-likeness (QED) is 0.480. The van der Waals surface area contributed by atoms with Crippen molar-refractivity contribution >= 4 is 17.6 Å². The molecule has 0 aliphatic rings. The standard InChI is InChI=1S/C15H16N4O5/c1-9-13(19(22)23)10(2)18(17-9)8-12(20)24-14(15(16)21)11-6-4-3-5-7-11/h3-7,14H,8H2,1-2H3,(H2,16,21). The molecule has 24 heavy (non-hydrogen) atoms. The van der Waals surface area contributed by atoms with E-state index in [0.29, 0.717) is 5.56 Å². The normalized spacial score (nSPS) is 11.8. The van der Waals surface area contributed by atoms with E-state index in [1.165, 1.54) is 18.5 Å². The third-order valence-electron chi connectivity index (χ3n) is 3.41. The Balaban J connectivity index is 2.17. The molecule has 0 aliphatic heterocycles. The van der Waals surface area contributed by atoms with Gasteiger partial charge in [0.05, 0.1) is 4.92 Å². The number of nitro groups is 1. The lowest BCUT2D eigenvalue weighted by molar-refractivity contribution is -0.386. The number of benzene rings is 1. The van der Waals surface area contributed by atoms with Crippen molar-refractivity contribution in [3.63, 3.8) is 0 Å². The van der Waals surface area contributed by atoms with Gasteiger partial charge in [0.25, 0.3) is 5.91 Å². The van der Waals surface area contributed by atoms with Crippen LogP contribution in [0.3, 0.4) is 0 Å². The van der Waals surface area contributed by atoms with Crippen molar-refractivity contribution < 1.29 is 19.2 Å². The molecule has 2 rings (SSSR count). The topological polar surface area (TPSA) is 130 Å². The molecule has 1 aromatic carbocycles. The van der Waals surface area contributed by atoms with E-state index in [-0.39, 0.29) is 23.6 Å². The minimum atomic E-state index is -1.23. The van der Waals surface area contributed by atoms with Gasteiger partial charge in [-0.1, -0.05) is 30.3 Å². The summed E-state index contributed by atoms with van der Waals surface area (Å²) < 4.78 is 6.29. The van der Waals surface area contributed by atoms with E-state index in [1.54, 1.807) is 30.3 Å². The van der Waals surface area contributed by atoms with Crippen LogP contribution in [0.1, 0.15) is 23.1 Å². The molecule has 2 N–H and O–H groups in total. The molecule has 0 spiro atoms. The van der Waals surface area contributed by atoms with E-state index in [2.05, 4.69) is 5.10 Å². The lowest BCUT2D eigenvalue weighted by Gasteiger charge is -2.15. The maximum absolute atomic E-state index is 12.1. The number of rotatable bonds is 6. The van der Waals surface area contributed by atoms with Crippen molar-refractivity contribution in [3.8, 4) is 0 Å². The third-order valence-corrected chi connectivity index (χ3v) is 3.41. The maximum Gasteiger partial charge on any atom is 0.328 e. The molecule has 0 saturated heterocycles. The Morgan fingerprint density at radius 3 is 2.46 bits per heavy atom. The van der Waals surface area contributed by atoms with Crippen LogP contribution in [0.4, 0.5) is 5.69 Å². The van der Waals surface area contributed by atoms with Gasteiger partial charge in [0, 0.05) is 5.56 Å². The second-order valence-corrected chi connectivity index (χ2v) is 5.12. The van der Waals surface area contributed by atoms with Gasteiger partial charge in [0.1, 0.15) is 17.9 Å². The number of carbonyl (C=O) groups excluding carboxylic acids is 2. The van der Waals surface area contributed by atoms with Crippen molar-refractivity contribution in [1.82, 2.24) is 9.78 Å². The number of primary amides is 1. The molecule has 126 valence electrons. The Morgan fingerprint density at radius 2 is 1.96 bits per heavy atom. The molecule has 1 amide bonds. The number of esters is 1. The van der Waals surface area contributed by atoms with Crippen LogP contribution >= 0.6 is 0 Å². The molecule has 0 saturated carbocycles. The Labute approximate surface area is 137 Å². The summed E-state index contributed by atoms with van der Waals surface area (Å²) >= 11 is 0. The molecule has 1 heterocycles. The Kier molecular flexibility index (Phi) is 4.93. The van der Waals surface area contributed by atoms with Crippen molar-refractivity contribution in [2.45, 2.75) is 26.5 Å². The van der Waals surface area contributed by atoms with Gasteiger partial charge in [-0.05, 0) is 13.8 Å². The molecule has 9 nitrogen and oxygen atoms in total. The fourth-order valence-electron chi connectivity index (χ4n) is 2.31. The lowest BCUT2D eigenvalue weighted by Crippen LogP contribution is -2.28. The van der Waals surface area contributed by atoms with Crippen LogP contribution in [0.5, 0.6) is 0 Å². The van der Waals surface area contributed by atoms with Crippen LogP contribution < -0.4 is 5.73 Å². The van der Waals surface area contributed by atoms with E-state index in [0.717, 1.165) is 0 Å². The van der Waals surface area contributed by atoms with Crippen LogP contribution in [0.15, 0.2) is 30.3 Å². The van der Waals surface area contributed by atoms with Crippen LogP contribution in [-0.2, 0) is 20.9 Å². The van der Waals surface area contributed by atoms with Crippen LogP contribution in [-0.4, -0.2) is 26.6 Å². The molecular weight excluding hydrogens is 316 g/mol. The Morgan fingerprint density at radius 1 is 1.33 bits per heavy atom. The number of aryl methyl sites for hydroxylation is 1. The average molecular weight is 332 g/mol. The number of amides is 1. The second-order valence-electron chi connectivity index (χ2n) is 5.12. The van der Waals surface area contributed by atoms with Gasteiger partial charge in [-0.15, -0.1) is 0 Å². The van der Waals surface area contributed by atoms with E-state index >= 15 is 0 Å². The van der Waals surface area contributed by atoms with E-state index in [4.69, 9.17) is 10.5 Å². The summed E-state index contributed by atoms with van der Waals surface area (Å²) in [6.45, 7) is 2.59. The summed E-state index contributed by atoms with van der Waals surface area (Å²) in [4.78, 5) is 34.0. The number of ether oxygens (including phenoxy) is 1. The van der Waals surface area contributed by atoms with Crippen LogP contribution in [0, 0.1) is 24.0 Å². The van der Waals surface area contributed by atoms with Gasteiger partial charge in [0.15, 0.2) is 0 Å². The maximum atomic E-state index is 12.1. The molecule has 0 bridgehead atoms. The predicted octanol–water partition coefficient (Wildman–Crippen LogP) is 1.18. The van der Waals surface area contributed by atoms with Crippen molar-refractivity contribution in [3.05, 3.63) is 57.4 Å². The average Bonchev–Trinajstić information content (AvgIpc) is 2.79. The highest BCUT2D eigenvalue weighted by molar-refractivity contribution is 5.83. The first-order chi connectivity index (χ1) is 11.3. The fourth-order valence-corrected chi connectivity index (χ4v) is 2.31. The highest BCUT2D eigenvalue weighted by atomic mass is 16.6. The zero-order valence-corrected chi connectivity index (χ0v) is 13.1. The van der Waals surface area contributed by atoms with Crippen molar-refractivity contribution in [2.24, 2.45) is 5.73 Å². The van der Waals surface area contributed by atoms with Gasteiger partial charge >= 0.3 is 11.7 Å². The molecule has 2 aromatic rings. The summed E-state index contributed by atoms with van der Waals surface area (Å²) in [5, 5.41) is 14.9. The minimum absolute atomic E-state index is 0.155. The summed E-state index contributed by atoms with van der Waals surface area (Å²) in [7, 11) is 0. The first-order valence-corrected chi connectivity index (χ1v) is 7.03. The third kappa shape index (κ3) is 3.57. The van der Waals surface area contributed by atoms with Gasteiger partial charge < -0.3 is 10.5 Å². The first-order valence-electron chi connectivity index (χ1n) is 7.03. The van der Waals surface area contributed by atoms with Gasteiger partial charge in [0.2, 0.25) is 6.10 Å². The molecule has 1 aromatic heterocycles. The number of nitrogens with two attached hydrogens (primary N) is 1. The summed E-state index contributed by atoms with van der Waals surface area (Å²) in [5.41, 5.74) is 5.99. The van der Waals surface area contributed by atoms with Crippen molar-refractivity contribution in [1.29, 1.82) is 0 Å².